The Balaban J connectivity index is 1.48. The Labute approximate surface area is 162 Å². The van der Waals surface area contributed by atoms with Crippen molar-refractivity contribution >= 4 is 17.5 Å². The fraction of sp³-hybridized carbons (Fsp3) is 0.200. The first-order valence-electron chi connectivity index (χ1n) is 8.93. The fourth-order valence-corrected chi connectivity index (χ4v) is 2.65. The Morgan fingerprint density at radius 3 is 2.50 bits per heavy atom. The molecule has 1 atom stereocenters. The number of anilines is 1. The predicted molar refractivity (Wildman–Crippen MR) is 105 cm³/mol. The van der Waals surface area contributed by atoms with Gasteiger partial charge in [-0.05, 0) is 35.9 Å². The van der Waals surface area contributed by atoms with Gasteiger partial charge in [0.15, 0.2) is 0 Å². The third-order valence-electron chi connectivity index (χ3n) is 4.17. The van der Waals surface area contributed by atoms with E-state index in [4.69, 9.17) is 5.73 Å². The zero-order valence-electron chi connectivity index (χ0n) is 15.3. The lowest BCUT2D eigenvalue weighted by atomic mass is 10.0. The van der Waals surface area contributed by atoms with Gasteiger partial charge in [0.25, 0.3) is 5.91 Å². The van der Waals surface area contributed by atoms with Crippen molar-refractivity contribution in [2.24, 2.45) is 5.73 Å². The van der Waals surface area contributed by atoms with E-state index in [1.165, 1.54) is 0 Å². The van der Waals surface area contributed by atoms with Crippen molar-refractivity contribution in [2.75, 3.05) is 11.9 Å². The molecule has 1 aromatic carbocycles. The number of aromatic nitrogens is 3. The molecule has 1 unspecified atom stereocenters. The zero-order chi connectivity index (χ0) is 19.8. The summed E-state index contributed by atoms with van der Waals surface area (Å²) in [6.45, 7) is 1.09. The molecule has 0 spiro atoms. The number of nitrogens with two attached hydrogens (primary N) is 1. The average Bonchev–Trinajstić information content (AvgIpc) is 3.22. The number of rotatable bonds is 8. The van der Waals surface area contributed by atoms with Crippen molar-refractivity contribution in [3.05, 3.63) is 78.4 Å². The number of nitrogens with one attached hydrogen (secondary N) is 2. The molecular weight excluding hydrogens is 356 g/mol. The highest BCUT2D eigenvalue weighted by Crippen LogP contribution is 2.16. The van der Waals surface area contributed by atoms with Gasteiger partial charge in [0, 0.05) is 55.0 Å². The number of hydrogen-bond donors (Lipinski definition) is 3. The van der Waals surface area contributed by atoms with Gasteiger partial charge in [0.1, 0.15) is 0 Å². The van der Waals surface area contributed by atoms with E-state index in [2.05, 4.69) is 20.7 Å². The molecule has 0 aliphatic carbocycles. The largest absolute Gasteiger partial charge is 0.354 e. The van der Waals surface area contributed by atoms with Gasteiger partial charge in [-0.3, -0.25) is 19.3 Å². The molecular formula is C20H22N6O2. The van der Waals surface area contributed by atoms with Gasteiger partial charge in [-0.25, -0.2) is 0 Å². The second kappa shape index (κ2) is 9.43. The van der Waals surface area contributed by atoms with E-state index in [1.807, 2.05) is 12.3 Å². The third kappa shape index (κ3) is 5.49. The molecule has 144 valence electrons. The van der Waals surface area contributed by atoms with E-state index < -0.39 is 6.04 Å². The minimum absolute atomic E-state index is 0.126. The van der Waals surface area contributed by atoms with Crippen LogP contribution in [0, 0.1) is 0 Å². The Bertz CT molecular complexity index is 894. The monoisotopic (exact) mass is 378 g/mol. The Hall–Kier alpha value is -3.52. The molecule has 2 amide bonds. The van der Waals surface area contributed by atoms with Crippen molar-refractivity contribution in [2.45, 2.75) is 19.0 Å². The van der Waals surface area contributed by atoms with E-state index in [1.54, 1.807) is 59.7 Å². The minimum Gasteiger partial charge on any atom is -0.354 e. The van der Waals surface area contributed by atoms with E-state index in [0.717, 1.165) is 5.56 Å². The molecule has 8 heteroatoms. The number of amides is 2. The molecule has 0 saturated heterocycles. The van der Waals surface area contributed by atoms with Crippen LogP contribution >= 0.6 is 0 Å². The van der Waals surface area contributed by atoms with Crippen LogP contribution in [0.1, 0.15) is 28.4 Å². The minimum atomic E-state index is -0.443. The van der Waals surface area contributed by atoms with Gasteiger partial charge < -0.3 is 16.4 Å². The molecule has 2 aromatic heterocycles. The van der Waals surface area contributed by atoms with Crippen LogP contribution in [-0.4, -0.2) is 33.1 Å². The molecule has 2 heterocycles. The predicted octanol–water partition coefficient (Wildman–Crippen LogP) is 1.74. The summed E-state index contributed by atoms with van der Waals surface area (Å²) in [6, 6.07) is 11.7. The summed E-state index contributed by atoms with van der Waals surface area (Å²) in [5, 5.41) is 9.70. The highest BCUT2D eigenvalue weighted by molar-refractivity contribution is 6.04. The lowest BCUT2D eigenvalue weighted by Crippen LogP contribution is -2.30. The number of nitrogens with zero attached hydrogens (tertiary/aromatic N) is 3. The highest BCUT2D eigenvalue weighted by Gasteiger charge is 2.13. The summed E-state index contributed by atoms with van der Waals surface area (Å²) >= 11 is 0. The molecule has 0 aliphatic rings. The van der Waals surface area contributed by atoms with Crippen LogP contribution in [-0.2, 0) is 11.3 Å². The number of hydrogen-bond acceptors (Lipinski definition) is 5. The second-order valence-corrected chi connectivity index (χ2v) is 6.24. The van der Waals surface area contributed by atoms with E-state index in [0.29, 0.717) is 24.3 Å². The summed E-state index contributed by atoms with van der Waals surface area (Å²) in [7, 11) is 0. The molecule has 8 nitrogen and oxygen atoms in total. The van der Waals surface area contributed by atoms with Gasteiger partial charge >= 0.3 is 0 Å². The summed E-state index contributed by atoms with van der Waals surface area (Å²) in [4.78, 5) is 28.2. The molecule has 0 bridgehead atoms. The van der Waals surface area contributed by atoms with Gasteiger partial charge in [-0.15, -0.1) is 0 Å². The lowest BCUT2D eigenvalue weighted by molar-refractivity contribution is -0.121. The fourth-order valence-electron chi connectivity index (χ4n) is 2.65. The van der Waals surface area contributed by atoms with Crippen LogP contribution in [0.5, 0.6) is 0 Å². The maximum atomic E-state index is 12.3. The first-order chi connectivity index (χ1) is 13.6. The maximum Gasteiger partial charge on any atom is 0.255 e. The summed E-state index contributed by atoms with van der Waals surface area (Å²) in [5.74, 6) is -0.346. The van der Waals surface area contributed by atoms with Crippen LogP contribution in [0.3, 0.4) is 0 Å². The van der Waals surface area contributed by atoms with Crippen molar-refractivity contribution < 1.29 is 9.59 Å². The van der Waals surface area contributed by atoms with Crippen LogP contribution in [0.2, 0.25) is 0 Å². The van der Waals surface area contributed by atoms with Gasteiger partial charge in [0.2, 0.25) is 5.91 Å². The Kier molecular flexibility index (Phi) is 6.48. The molecule has 3 rings (SSSR count). The maximum absolute atomic E-state index is 12.3. The van der Waals surface area contributed by atoms with Crippen molar-refractivity contribution in [3.8, 4) is 0 Å². The van der Waals surface area contributed by atoms with E-state index in [-0.39, 0.29) is 18.2 Å². The number of carbonyl (C=O) groups excluding carboxylic acids is 2. The van der Waals surface area contributed by atoms with Gasteiger partial charge in [-0.2, -0.15) is 5.10 Å². The number of benzene rings is 1. The molecule has 0 fully saturated rings. The summed E-state index contributed by atoms with van der Waals surface area (Å²) in [6.07, 6.45) is 6.92. The first-order valence-corrected chi connectivity index (χ1v) is 8.93. The molecule has 3 aromatic rings. The topological polar surface area (TPSA) is 115 Å². The zero-order valence-corrected chi connectivity index (χ0v) is 15.3. The normalized spacial score (nSPS) is 11.6. The van der Waals surface area contributed by atoms with Gasteiger partial charge in [0.05, 0.1) is 6.54 Å². The second-order valence-electron chi connectivity index (χ2n) is 6.24. The SMILES string of the molecule is NC(CC(=O)NCCn1cccn1)c1ccc(C(=O)Nc2ccncc2)cc1. The summed E-state index contributed by atoms with van der Waals surface area (Å²) in [5.41, 5.74) is 8.10. The Morgan fingerprint density at radius 1 is 1.07 bits per heavy atom. The van der Waals surface area contributed by atoms with Crippen molar-refractivity contribution in [3.63, 3.8) is 0 Å². The van der Waals surface area contributed by atoms with Gasteiger partial charge in [-0.1, -0.05) is 12.1 Å². The lowest BCUT2D eigenvalue weighted by Gasteiger charge is -2.13. The van der Waals surface area contributed by atoms with Crippen LogP contribution < -0.4 is 16.4 Å². The number of pyridine rings is 1. The average molecular weight is 378 g/mol. The quantitative estimate of drug-likeness (QED) is 0.552. The summed E-state index contributed by atoms with van der Waals surface area (Å²) < 4.78 is 1.75. The van der Waals surface area contributed by atoms with Crippen LogP contribution in [0.25, 0.3) is 0 Å². The van der Waals surface area contributed by atoms with Crippen molar-refractivity contribution in [1.29, 1.82) is 0 Å². The van der Waals surface area contributed by atoms with E-state index >= 15 is 0 Å². The van der Waals surface area contributed by atoms with Crippen molar-refractivity contribution in [1.82, 2.24) is 20.1 Å². The standard InChI is InChI=1S/C20H22N6O2/c21-18(14-19(27)23-11-13-26-12-1-8-24-26)15-2-4-16(5-3-15)20(28)25-17-6-9-22-10-7-17/h1-10,12,18H,11,13-14,21H2,(H,23,27)(H,22,25,28). The van der Waals surface area contributed by atoms with Crippen LogP contribution in [0.15, 0.2) is 67.3 Å². The smallest absolute Gasteiger partial charge is 0.255 e. The number of carbonyl (C=O) groups is 2. The highest BCUT2D eigenvalue weighted by atomic mass is 16.2. The molecule has 0 radical (unpaired) electrons. The molecule has 28 heavy (non-hydrogen) atoms. The molecule has 0 aliphatic heterocycles. The molecule has 4 N–H and O–H groups in total. The third-order valence-corrected chi connectivity index (χ3v) is 4.17. The molecule has 0 saturated carbocycles. The first kappa shape index (κ1) is 19.2. The van der Waals surface area contributed by atoms with E-state index in [9.17, 15) is 9.59 Å². The Morgan fingerprint density at radius 2 is 1.82 bits per heavy atom. The van der Waals surface area contributed by atoms with Crippen LogP contribution in [0.4, 0.5) is 5.69 Å².